The first-order valence-corrected chi connectivity index (χ1v) is 7.77. The Morgan fingerprint density at radius 1 is 1.08 bits per heavy atom. The molecule has 3 rings (SSSR count). The van der Waals surface area contributed by atoms with Crippen LogP contribution in [0.5, 0.6) is 0 Å². The lowest BCUT2D eigenvalue weighted by atomic mass is 10.2. The van der Waals surface area contributed by atoms with Crippen LogP contribution in [0.2, 0.25) is 0 Å². The molecule has 2 aromatic heterocycles. The van der Waals surface area contributed by atoms with Crippen LogP contribution in [0.25, 0.3) is 0 Å². The third-order valence-corrected chi connectivity index (χ3v) is 3.49. The summed E-state index contributed by atoms with van der Waals surface area (Å²) >= 11 is 0. The van der Waals surface area contributed by atoms with Crippen molar-refractivity contribution in [2.75, 3.05) is 10.6 Å². The third-order valence-electron chi connectivity index (χ3n) is 3.49. The first-order chi connectivity index (χ1) is 12.5. The number of para-hydroxylation sites is 1. The SMILES string of the molecule is Cc1nc(NCc2ccncc2)cc(C(=O)Nc2c(F)cccc2F)n1. The van der Waals surface area contributed by atoms with E-state index in [2.05, 4.69) is 25.6 Å². The molecule has 0 saturated heterocycles. The second kappa shape index (κ2) is 7.64. The molecule has 2 N–H and O–H groups in total. The Morgan fingerprint density at radius 2 is 1.77 bits per heavy atom. The number of carbonyl (C=O) groups is 1. The van der Waals surface area contributed by atoms with Crippen LogP contribution in [0.1, 0.15) is 21.9 Å². The summed E-state index contributed by atoms with van der Waals surface area (Å²) in [6, 6.07) is 8.45. The van der Waals surface area contributed by atoms with E-state index in [0.29, 0.717) is 18.2 Å². The van der Waals surface area contributed by atoms with E-state index in [-0.39, 0.29) is 5.69 Å². The Labute approximate surface area is 148 Å². The van der Waals surface area contributed by atoms with Crippen LogP contribution >= 0.6 is 0 Å². The van der Waals surface area contributed by atoms with Gasteiger partial charge in [-0.05, 0) is 36.8 Å². The number of benzene rings is 1. The van der Waals surface area contributed by atoms with Gasteiger partial charge in [0.15, 0.2) is 0 Å². The highest BCUT2D eigenvalue weighted by atomic mass is 19.1. The van der Waals surface area contributed by atoms with E-state index in [9.17, 15) is 13.6 Å². The number of anilines is 2. The Kier molecular flexibility index (Phi) is 5.12. The molecule has 0 atom stereocenters. The van der Waals surface area contributed by atoms with Gasteiger partial charge in [-0.1, -0.05) is 6.07 Å². The summed E-state index contributed by atoms with van der Waals surface area (Å²) < 4.78 is 27.4. The quantitative estimate of drug-likeness (QED) is 0.734. The Balaban J connectivity index is 1.77. The highest BCUT2D eigenvalue weighted by Gasteiger charge is 2.15. The van der Waals surface area contributed by atoms with E-state index in [1.54, 1.807) is 19.3 Å². The van der Waals surface area contributed by atoms with Crippen molar-refractivity contribution in [3.8, 4) is 0 Å². The Hall–Kier alpha value is -3.42. The molecule has 0 aliphatic heterocycles. The minimum Gasteiger partial charge on any atom is -0.366 e. The highest BCUT2D eigenvalue weighted by molar-refractivity contribution is 6.03. The number of hydrogen-bond donors (Lipinski definition) is 2. The predicted molar refractivity (Wildman–Crippen MR) is 92.6 cm³/mol. The smallest absolute Gasteiger partial charge is 0.274 e. The molecule has 0 saturated carbocycles. The lowest BCUT2D eigenvalue weighted by Gasteiger charge is -2.10. The van der Waals surface area contributed by atoms with E-state index in [1.807, 2.05) is 12.1 Å². The summed E-state index contributed by atoms with van der Waals surface area (Å²) in [5.74, 6) is -1.68. The molecule has 0 fully saturated rings. The first-order valence-electron chi connectivity index (χ1n) is 7.77. The van der Waals surface area contributed by atoms with Crippen molar-refractivity contribution in [3.63, 3.8) is 0 Å². The van der Waals surface area contributed by atoms with Crippen molar-refractivity contribution in [3.05, 3.63) is 77.5 Å². The van der Waals surface area contributed by atoms with E-state index >= 15 is 0 Å². The van der Waals surface area contributed by atoms with Crippen molar-refractivity contribution >= 4 is 17.4 Å². The first kappa shape index (κ1) is 17.4. The van der Waals surface area contributed by atoms with Crippen molar-refractivity contribution in [2.45, 2.75) is 13.5 Å². The zero-order valence-electron chi connectivity index (χ0n) is 13.8. The number of nitrogens with one attached hydrogen (secondary N) is 2. The van der Waals surface area contributed by atoms with Crippen LogP contribution in [0.4, 0.5) is 20.3 Å². The average Bonchev–Trinajstić information content (AvgIpc) is 2.63. The van der Waals surface area contributed by atoms with Gasteiger partial charge in [-0.2, -0.15) is 0 Å². The van der Waals surface area contributed by atoms with E-state index in [0.717, 1.165) is 17.7 Å². The van der Waals surface area contributed by atoms with Crippen LogP contribution in [0, 0.1) is 18.6 Å². The van der Waals surface area contributed by atoms with Gasteiger partial charge in [0.25, 0.3) is 5.91 Å². The zero-order valence-corrected chi connectivity index (χ0v) is 13.8. The summed E-state index contributed by atoms with van der Waals surface area (Å²) in [5, 5.41) is 5.28. The van der Waals surface area contributed by atoms with E-state index in [1.165, 1.54) is 12.1 Å². The minimum atomic E-state index is -0.861. The number of rotatable bonds is 5. The molecule has 0 aliphatic rings. The Bertz CT molecular complexity index is 914. The van der Waals surface area contributed by atoms with E-state index < -0.39 is 23.2 Å². The summed E-state index contributed by atoms with van der Waals surface area (Å²) in [5.41, 5.74) is 0.466. The molecular weight excluding hydrogens is 340 g/mol. The van der Waals surface area contributed by atoms with E-state index in [4.69, 9.17) is 0 Å². The molecule has 0 spiro atoms. The molecule has 6 nitrogen and oxygen atoms in total. The summed E-state index contributed by atoms with van der Waals surface area (Å²) in [6.07, 6.45) is 3.34. The fourth-order valence-electron chi connectivity index (χ4n) is 2.26. The summed E-state index contributed by atoms with van der Waals surface area (Å²) in [4.78, 5) is 24.5. The molecule has 0 aliphatic carbocycles. The maximum Gasteiger partial charge on any atom is 0.274 e. The molecule has 1 amide bonds. The lowest BCUT2D eigenvalue weighted by Crippen LogP contribution is -2.17. The molecular formula is C18H15F2N5O. The maximum atomic E-state index is 13.7. The topological polar surface area (TPSA) is 79.8 Å². The summed E-state index contributed by atoms with van der Waals surface area (Å²) in [7, 11) is 0. The van der Waals surface area contributed by atoms with Crippen LogP contribution in [-0.2, 0) is 6.54 Å². The molecule has 1 aromatic carbocycles. The van der Waals surface area contributed by atoms with Crippen molar-refractivity contribution in [2.24, 2.45) is 0 Å². The highest BCUT2D eigenvalue weighted by Crippen LogP contribution is 2.19. The predicted octanol–water partition coefficient (Wildman–Crippen LogP) is 3.32. The number of halogens is 2. The van der Waals surface area contributed by atoms with Gasteiger partial charge in [-0.3, -0.25) is 9.78 Å². The third kappa shape index (κ3) is 4.15. The normalized spacial score (nSPS) is 10.4. The van der Waals surface area contributed by atoms with Gasteiger partial charge >= 0.3 is 0 Å². The van der Waals surface area contributed by atoms with Gasteiger partial charge in [0, 0.05) is 25.0 Å². The average molecular weight is 355 g/mol. The number of amides is 1. The van der Waals surface area contributed by atoms with Crippen LogP contribution < -0.4 is 10.6 Å². The largest absolute Gasteiger partial charge is 0.366 e. The van der Waals surface area contributed by atoms with Gasteiger partial charge in [-0.15, -0.1) is 0 Å². The van der Waals surface area contributed by atoms with Crippen molar-refractivity contribution in [1.29, 1.82) is 0 Å². The second-order valence-electron chi connectivity index (χ2n) is 5.45. The number of carbonyl (C=O) groups excluding carboxylic acids is 1. The van der Waals surface area contributed by atoms with Gasteiger partial charge in [0.1, 0.15) is 34.7 Å². The Morgan fingerprint density at radius 3 is 2.46 bits per heavy atom. The molecule has 0 radical (unpaired) electrons. The van der Waals surface area contributed by atoms with Crippen LogP contribution in [-0.4, -0.2) is 20.9 Å². The lowest BCUT2D eigenvalue weighted by molar-refractivity contribution is 0.102. The number of hydrogen-bond acceptors (Lipinski definition) is 5. The molecule has 8 heteroatoms. The van der Waals surface area contributed by atoms with Crippen LogP contribution in [0.3, 0.4) is 0 Å². The van der Waals surface area contributed by atoms with Crippen molar-refractivity contribution in [1.82, 2.24) is 15.0 Å². The number of aromatic nitrogens is 3. The maximum absolute atomic E-state index is 13.7. The standard InChI is InChI=1S/C18H15F2N5O/c1-11-23-15(18(26)25-17-13(19)3-2-4-14(17)20)9-16(24-11)22-10-12-5-7-21-8-6-12/h2-9H,10H2,1H3,(H,25,26)(H,22,23,24). The van der Waals surface area contributed by atoms with Gasteiger partial charge < -0.3 is 10.6 Å². The number of aryl methyl sites for hydroxylation is 1. The number of nitrogens with zero attached hydrogens (tertiary/aromatic N) is 3. The van der Waals surface area contributed by atoms with Gasteiger partial charge in [-0.25, -0.2) is 18.7 Å². The zero-order chi connectivity index (χ0) is 18.5. The fraction of sp³-hybridized carbons (Fsp3) is 0.111. The monoisotopic (exact) mass is 355 g/mol. The van der Waals surface area contributed by atoms with Gasteiger partial charge in [0.05, 0.1) is 0 Å². The number of pyridine rings is 1. The van der Waals surface area contributed by atoms with Crippen molar-refractivity contribution < 1.29 is 13.6 Å². The second-order valence-corrected chi connectivity index (χ2v) is 5.45. The molecule has 0 bridgehead atoms. The summed E-state index contributed by atoms with van der Waals surface area (Å²) in [6.45, 7) is 2.10. The molecule has 2 heterocycles. The molecule has 132 valence electrons. The fourth-order valence-corrected chi connectivity index (χ4v) is 2.26. The molecule has 3 aromatic rings. The minimum absolute atomic E-state index is 0.00242. The van der Waals surface area contributed by atoms with Crippen LogP contribution in [0.15, 0.2) is 48.8 Å². The molecule has 26 heavy (non-hydrogen) atoms. The van der Waals surface area contributed by atoms with Gasteiger partial charge in [0.2, 0.25) is 0 Å². The molecule has 0 unspecified atom stereocenters.